The Morgan fingerprint density at radius 3 is 2.54 bits per heavy atom. The number of amides is 1. The van der Waals surface area contributed by atoms with E-state index in [0.29, 0.717) is 58.4 Å². The van der Waals surface area contributed by atoms with E-state index in [1.165, 1.54) is 0 Å². The van der Waals surface area contributed by atoms with Crippen molar-refractivity contribution in [3.63, 3.8) is 0 Å². The molecule has 2 aromatic carbocycles. The van der Waals surface area contributed by atoms with Gasteiger partial charge in [-0.15, -0.1) is 0 Å². The maximum Gasteiger partial charge on any atom is 0.253 e. The average Bonchev–Trinajstić information content (AvgIpc) is 2.84. The lowest BCUT2D eigenvalue weighted by atomic mass is 10.0. The summed E-state index contributed by atoms with van der Waals surface area (Å²) in [6, 6.07) is 8.93. The Kier molecular flexibility index (Phi) is 9.47. The molecule has 0 atom stereocenters. The third-order valence-electron chi connectivity index (χ3n) is 6.03. The number of nitrogens with two attached hydrogens (primary N) is 1. The van der Waals surface area contributed by atoms with Gasteiger partial charge in [-0.25, -0.2) is 0 Å². The number of rotatable bonds is 13. The van der Waals surface area contributed by atoms with E-state index >= 15 is 0 Å². The molecule has 0 saturated carbocycles. The number of pyridine rings is 1. The monoisotopic (exact) mass is 482 g/mol. The van der Waals surface area contributed by atoms with Gasteiger partial charge in [0.2, 0.25) is 0 Å². The summed E-state index contributed by atoms with van der Waals surface area (Å²) in [6.07, 6.45) is 1.88. The number of carbonyl (C=O) groups excluding carboxylic acids is 1. The maximum absolute atomic E-state index is 13.6. The summed E-state index contributed by atoms with van der Waals surface area (Å²) in [5.41, 5.74) is 7.79. The number of likely N-dealkylation sites (N-methyl/N-ethyl adjacent to an activating group) is 1. The number of H-pyrrole nitrogens is 1. The molecule has 35 heavy (non-hydrogen) atoms. The highest BCUT2D eigenvalue weighted by Gasteiger charge is 2.18. The van der Waals surface area contributed by atoms with E-state index in [0.717, 1.165) is 32.5 Å². The lowest BCUT2D eigenvalue weighted by Gasteiger charge is -2.17. The van der Waals surface area contributed by atoms with Crippen LogP contribution in [0.4, 0.5) is 5.69 Å². The first kappa shape index (κ1) is 26.5. The van der Waals surface area contributed by atoms with Gasteiger partial charge in [0.05, 0.1) is 29.1 Å². The molecule has 3 rings (SSSR count). The molecule has 0 unspecified atom stereocenters. The smallest absolute Gasteiger partial charge is 0.253 e. The predicted molar refractivity (Wildman–Crippen MR) is 144 cm³/mol. The first-order valence-electron chi connectivity index (χ1n) is 12.1. The Balaban J connectivity index is 1.95. The van der Waals surface area contributed by atoms with Gasteiger partial charge in [0.1, 0.15) is 5.75 Å². The van der Waals surface area contributed by atoms with Gasteiger partial charge >= 0.3 is 0 Å². The van der Waals surface area contributed by atoms with Crippen LogP contribution < -0.4 is 26.5 Å². The van der Waals surface area contributed by atoms with E-state index in [2.05, 4.69) is 27.6 Å². The van der Waals surface area contributed by atoms with Crippen LogP contribution in [0.1, 0.15) is 23.2 Å². The fourth-order valence-corrected chi connectivity index (χ4v) is 4.05. The van der Waals surface area contributed by atoms with Crippen LogP contribution >= 0.6 is 0 Å². The zero-order chi connectivity index (χ0) is 25.4. The van der Waals surface area contributed by atoms with Crippen LogP contribution in [0.15, 0.2) is 35.1 Å². The SMILES string of the molecule is COc1ccc2[nH]c3c(C(=O)NCCN(C)C)ccc(NCCCN(C)CCCN)c3c(=O)c2c1. The first-order chi connectivity index (χ1) is 16.8. The van der Waals surface area contributed by atoms with Crippen LogP contribution in [0.25, 0.3) is 21.8 Å². The second kappa shape index (κ2) is 12.5. The number of benzene rings is 2. The molecule has 190 valence electrons. The summed E-state index contributed by atoms with van der Waals surface area (Å²) in [5.74, 6) is 0.392. The summed E-state index contributed by atoms with van der Waals surface area (Å²) in [5, 5.41) is 7.36. The van der Waals surface area contributed by atoms with Crippen LogP contribution in [-0.2, 0) is 0 Å². The molecule has 1 aromatic heterocycles. The van der Waals surface area contributed by atoms with Crippen molar-refractivity contribution in [1.29, 1.82) is 0 Å². The van der Waals surface area contributed by atoms with Crippen molar-refractivity contribution in [3.05, 3.63) is 46.1 Å². The molecule has 9 heteroatoms. The number of nitrogens with zero attached hydrogens (tertiary/aromatic N) is 2. The van der Waals surface area contributed by atoms with Crippen molar-refractivity contribution in [2.45, 2.75) is 12.8 Å². The van der Waals surface area contributed by atoms with Crippen LogP contribution in [0.5, 0.6) is 5.75 Å². The molecule has 5 N–H and O–H groups in total. The molecule has 1 amide bonds. The molecular formula is C26H38N6O3. The fraction of sp³-hybridized carbons (Fsp3) is 0.462. The molecular weight excluding hydrogens is 444 g/mol. The van der Waals surface area contributed by atoms with E-state index in [1.54, 1.807) is 31.4 Å². The van der Waals surface area contributed by atoms with Crippen molar-refractivity contribution in [3.8, 4) is 5.75 Å². The number of nitrogens with one attached hydrogen (secondary N) is 3. The van der Waals surface area contributed by atoms with E-state index in [-0.39, 0.29) is 11.3 Å². The van der Waals surface area contributed by atoms with E-state index < -0.39 is 0 Å². The fourth-order valence-electron chi connectivity index (χ4n) is 4.05. The van der Waals surface area contributed by atoms with Crippen molar-refractivity contribution < 1.29 is 9.53 Å². The molecule has 0 spiro atoms. The summed E-state index contributed by atoms with van der Waals surface area (Å²) < 4.78 is 5.33. The number of methoxy groups -OCH3 is 1. The Morgan fingerprint density at radius 2 is 1.83 bits per heavy atom. The summed E-state index contributed by atoms with van der Waals surface area (Å²) in [7, 11) is 7.56. The second-order valence-electron chi connectivity index (χ2n) is 9.06. The van der Waals surface area contributed by atoms with Gasteiger partial charge in [-0.05, 0) is 84.0 Å². The number of aromatic nitrogens is 1. The van der Waals surface area contributed by atoms with Crippen LogP contribution in [-0.4, -0.2) is 88.2 Å². The molecule has 0 aliphatic rings. The Bertz CT molecular complexity index is 1210. The van der Waals surface area contributed by atoms with Gasteiger partial charge in [0, 0.05) is 30.7 Å². The van der Waals surface area contributed by atoms with E-state index in [1.807, 2.05) is 25.1 Å². The predicted octanol–water partition coefficient (Wildman–Crippen LogP) is 2.06. The Morgan fingerprint density at radius 1 is 1.06 bits per heavy atom. The van der Waals surface area contributed by atoms with E-state index in [9.17, 15) is 9.59 Å². The number of aromatic amines is 1. The van der Waals surface area contributed by atoms with Crippen molar-refractivity contribution in [2.24, 2.45) is 5.73 Å². The molecule has 0 radical (unpaired) electrons. The van der Waals surface area contributed by atoms with Gasteiger partial charge in [-0.1, -0.05) is 0 Å². The number of fused-ring (bicyclic) bond motifs is 2. The van der Waals surface area contributed by atoms with Crippen LogP contribution in [0.2, 0.25) is 0 Å². The minimum Gasteiger partial charge on any atom is -0.497 e. The number of hydrogen-bond donors (Lipinski definition) is 4. The molecule has 0 saturated heterocycles. The average molecular weight is 483 g/mol. The van der Waals surface area contributed by atoms with Crippen LogP contribution in [0.3, 0.4) is 0 Å². The summed E-state index contributed by atoms with van der Waals surface area (Å²) >= 11 is 0. The molecule has 0 aliphatic carbocycles. The van der Waals surface area contributed by atoms with E-state index in [4.69, 9.17) is 10.5 Å². The third kappa shape index (κ3) is 6.72. The number of anilines is 1. The summed E-state index contributed by atoms with van der Waals surface area (Å²) in [4.78, 5) is 34.2. The van der Waals surface area contributed by atoms with Gasteiger partial charge in [0.25, 0.3) is 5.91 Å². The highest BCUT2D eigenvalue weighted by molar-refractivity contribution is 6.11. The Hall–Kier alpha value is -3.14. The largest absolute Gasteiger partial charge is 0.497 e. The van der Waals surface area contributed by atoms with Gasteiger partial charge in [-0.3, -0.25) is 9.59 Å². The lowest BCUT2D eigenvalue weighted by Crippen LogP contribution is -2.31. The molecule has 1 heterocycles. The van der Waals surface area contributed by atoms with Crippen molar-refractivity contribution >= 4 is 33.4 Å². The van der Waals surface area contributed by atoms with Gasteiger partial charge < -0.3 is 35.9 Å². The molecule has 0 fully saturated rings. The third-order valence-corrected chi connectivity index (χ3v) is 6.03. The standard InChI is InChI=1S/C26H38N6O3/c1-31(2)16-13-29-26(34)19-8-10-22(28-12-6-15-32(3)14-5-11-27)23-24(19)30-21-9-7-18(35-4)17-20(21)25(23)33/h7-10,17,28H,5-6,11-16,27H2,1-4H3,(H,29,34)(H,30,33). The maximum atomic E-state index is 13.6. The number of hydrogen-bond acceptors (Lipinski definition) is 7. The van der Waals surface area contributed by atoms with Crippen molar-refractivity contribution in [1.82, 2.24) is 20.1 Å². The molecule has 0 aliphatic heterocycles. The normalized spacial score (nSPS) is 11.5. The first-order valence-corrected chi connectivity index (χ1v) is 12.1. The topological polar surface area (TPSA) is 116 Å². The van der Waals surface area contributed by atoms with Gasteiger partial charge in [-0.2, -0.15) is 0 Å². The second-order valence-corrected chi connectivity index (χ2v) is 9.06. The zero-order valence-electron chi connectivity index (χ0n) is 21.2. The molecule has 9 nitrogen and oxygen atoms in total. The summed E-state index contributed by atoms with van der Waals surface area (Å²) in [6.45, 7) is 4.51. The Labute approximate surface area is 206 Å². The molecule has 3 aromatic rings. The van der Waals surface area contributed by atoms with Crippen LogP contribution in [0, 0.1) is 0 Å². The minimum atomic E-state index is -0.214. The highest BCUT2D eigenvalue weighted by atomic mass is 16.5. The number of ether oxygens (including phenoxy) is 1. The number of carbonyl (C=O) groups is 1. The lowest BCUT2D eigenvalue weighted by molar-refractivity contribution is 0.0952. The van der Waals surface area contributed by atoms with Crippen molar-refractivity contribution in [2.75, 3.05) is 72.8 Å². The van der Waals surface area contributed by atoms with Gasteiger partial charge in [0.15, 0.2) is 5.43 Å². The minimum absolute atomic E-state index is 0.141. The quantitative estimate of drug-likeness (QED) is 0.218. The zero-order valence-corrected chi connectivity index (χ0v) is 21.2. The highest BCUT2D eigenvalue weighted by Crippen LogP contribution is 2.27. The molecule has 0 bridgehead atoms.